The average molecular weight is 203 g/mol. The van der Waals surface area contributed by atoms with Crippen molar-refractivity contribution < 1.29 is 4.79 Å². The van der Waals surface area contributed by atoms with Crippen molar-refractivity contribution in [1.29, 1.82) is 0 Å². The number of carbonyl (C=O) groups is 1. The quantitative estimate of drug-likeness (QED) is 0.735. The molecule has 0 bridgehead atoms. The fourth-order valence-electron chi connectivity index (χ4n) is 1.81. The summed E-state index contributed by atoms with van der Waals surface area (Å²) in [7, 11) is 0. The molecular weight excluding hydrogens is 186 g/mol. The fourth-order valence-corrected chi connectivity index (χ4v) is 1.81. The summed E-state index contributed by atoms with van der Waals surface area (Å²) in [6.45, 7) is 1.95. The number of benzene rings is 1. The van der Waals surface area contributed by atoms with Crippen molar-refractivity contribution in [2.75, 3.05) is 13.1 Å². The number of rotatable bonds is 4. The first-order chi connectivity index (χ1) is 7.36. The summed E-state index contributed by atoms with van der Waals surface area (Å²) in [5.41, 5.74) is 1.33. The minimum atomic E-state index is 0.331. The van der Waals surface area contributed by atoms with Crippen LogP contribution in [-0.4, -0.2) is 23.9 Å². The van der Waals surface area contributed by atoms with E-state index in [2.05, 4.69) is 12.1 Å². The fraction of sp³-hybridized carbons (Fsp3) is 0.462. The number of nitrogens with zero attached hydrogens (tertiary/aromatic N) is 1. The lowest BCUT2D eigenvalue weighted by Crippen LogP contribution is -2.41. The van der Waals surface area contributed by atoms with Gasteiger partial charge in [0.25, 0.3) is 0 Å². The van der Waals surface area contributed by atoms with E-state index in [1.54, 1.807) is 0 Å². The van der Waals surface area contributed by atoms with E-state index in [9.17, 15) is 4.79 Å². The molecule has 0 unspecified atom stereocenters. The summed E-state index contributed by atoms with van der Waals surface area (Å²) >= 11 is 0. The van der Waals surface area contributed by atoms with Gasteiger partial charge in [-0.2, -0.15) is 0 Å². The van der Waals surface area contributed by atoms with E-state index in [0.717, 1.165) is 25.9 Å². The first kappa shape index (κ1) is 10.2. The van der Waals surface area contributed by atoms with Gasteiger partial charge in [-0.1, -0.05) is 30.3 Å². The maximum atomic E-state index is 11.5. The zero-order valence-electron chi connectivity index (χ0n) is 8.98. The first-order valence-corrected chi connectivity index (χ1v) is 5.68. The van der Waals surface area contributed by atoms with Crippen LogP contribution in [-0.2, 0) is 11.2 Å². The van der Waals surface area contributed by atoms with Crippen LogP contribution in [0.5, 0.6) is 0 Å². The second-order valence-corrected chi connectivity index (χ2v) is 4.07. The summed E-state index contributed by atoms with van der Waals surface area (Å²) in [6, 6.07) is 10.4. The summed E-state index contributed by atoms with van der Waals surface area (Å²) in [6.07, 6.45) is 3.87. The minimum Gasteiger partial charge on any atom is -0.343 e. The van der Waals surface area contributed by atoms with Gasteiger partial charge in [0.2, 0.25) is 5.91 Å². The third-order valence-electron chi connectivity index (χ3n) is 2.91. The van der Waals surface area contributed by atoms with Crippen LogP contribution < -0.4 is 0 Å². The van der Waals surface area contributed by atoms with E-state index in [-0.39, 0.29) is 0 Å². The number of hydrogen-bond donors (Lipinski definition) is 0. The van der Waals surface area contributed by atoms with Gasteiger partial charge in [-0.15, -0.1) is 0 Å². The van der Waals surface area contributed by atoms with Crippen LogP contribution in [0, 0.1) is 0 Å². The van der Waals surface area contributed by atoms with Crippen LogP contribution in [0.1, 0.15) is 24.8 Å². The van der Waals surface area contributed by atoms with Crippen molar-refractivity contribution in [2.24, 2.45) is 0 Å². The lowest BCUT2D eigenvalue weighted by atomic mass is 10.1. The topological polar surface area (TPSA) is 20.3 Å². The van der Waals surface area contributed by atoms with Gasteiger partial charge >= 0.3 is 0 Å². The van der Waals surface area contributed by atoms with E-state index in [1.165, 1.54) is 12.0 Å². The van der Waals surface area contributed by atoms with Gasteiger partial charge in [-0.25, -0.2) is 0 Å². The summed E-state index contributed by atoms with van der Waals surface area (Å²) in [5, 5.41) is 0. The molecule has 0 aromatic heterocycles. The maximum absolute atomic E-state index is 11.5. The van der Waals surface area contributed by atoms with Crippen molar-refractivity contribution in [1.82, 2.24) is 4.90 Å². The highest BCUT2D eigenvalue weighted by Crippen LogP contribution is 2.11. The van der Waals surface area contributed by atoms with Gasteiger partial charge in [0.1, 0.15) is 0 Å². The molecule has 2 heteroatoms. The Bertz CT molecular complexity index is 317. The standard InChI is InChI=1S/C13H17NO/c15-13(14-10-5-11-14)9-4-8-12-6-2-1-3-7-12/h1-3,6-7H,4-5,8-11H2. The van der Waals surface area contributed by atoms with Crippen LogP contribution >= 0.6 is 0 Å². The molecule has 2 nitrogen and oxygen atoms in total. The van der Waals surface area contributed by atoms with E-state index >= 15 is 0 Å². The molecule has 0 atom stereocenters. The van der Waals surface area contributed by atoms with Crippen molar-refractivity contribution in [3.63, 3.8) is 0 Å². The Balaban J connectivity index is 1.68. The Hall–Kier alpha value is -1.31. The second kappa shape index (κ2) is 4.96. The SMILES string of the molecule is O=C(CCCc1ccccc1)N1CCC1. The van der Waals surface area contributed by atoms with Gasteiger partial charge < -0.3 is 4.90 Å². The molecular formula is C13H17NO. The largest absolute Gasteiger partial charge is 0.343 e. The van der Waals surface area contributed by atoms with Crippen LogP contribution in [0.3, 0.4) is 0 Å². The smallest absolute Gasteiger partial charge is 0.222 e. The lowest BCUT2D eigenvalue weighted by molar-refractivity contribution is -0.134. The molecule has 1 amide bonds. The highest BCUT2D eigenvalue weighted by atomic mass is 16.2. The van der Waals surface area contributed by atoms with Gasteiger partial charge in [-0.05, 0) is 24.8 Å². The third-order valence-corrected chi connectivity index (χ3v) is 2.91. The predicted molar refractivity (Wildman–Crippen MR) is 60.6 cm³/mol. The molecule has 15 heavy (non-hydrogen) atoms. The molecule has 0 radical (unpaired) electrons. The highest BCUT2D eigenvalue weighted by Gasteiger charge is 2.18. The van der Waals surface area contributed by atoms with Crippen LogP contribution in [0.4, 0.5) is 0 Å². The molecule has 0 spiro atoms. The predicted octanol–water partition coefficient (Wildman–Crippen LogP) is 2.24. The van der Waals surface area contributed by atoms with Gasteiger partial charge in [0.05, 0.1) is 0 Å². The number of aryl methyl sites for hydroxylation is 1. The molecule has 1 heterocycles. The van der Waals surface area contributed by atoms with Gasteiger partial charge in [-0.3, -0.25) is 4.79 Å². The second-order valence-electron chi connectivity index (χ2n) is 4.07. The molecule has 1 saturated heterocycles. The van der Waals surface area contributed by atoms with Crippen molar-refractivity contribution in [3.05, 3.63) is 35.9 Å². The third kappa shape index (κ3) is 2.82. The van der Waals surface area contributed by atoms with Crippen LogP contribution in [0.2, 0.25) is 0 Å². The molecule has 1 aromatic carbocycles. The molecule has 0 saturated carbocycles. The van der Waals surface area contributed by atoms with Crippen LogP contribution in [0.15, 0.2) is 30.3 Å². The zero-order chi connectivity index (χ0) is 10.5. The molecule has 1 aromatic rings. The number of hydrogen-bond acceptors (Lipinski definition) is 1. The summed E-state index contributed by atoms with van der Waals surface area (Å²) < 4.78 is 0. The molecule has 80 valence electrons. The van der Waals surface area contributed by atoms with Crippen molar-refractivity contribution in [3.8, 4) is 0 Å². The molecule has 0 N–H and O–H groups in total. The number of likely N-dealkylation sites (tertiary alicyclic amines) is 1. The van der Waals surface area contributed by atoms with E-state index in [4.69, 9.17) is 0 Å². The zero-order valence-corrected chi connectivity index (χ0v) is 8.98. The van der Waals surface area contributed by atoms with Crippen molar-refractivity contribution >= 4 is 5.91 Å². The highest BCUT2D eigenvalue weighted by molar-refractivity contribution is 5.76. The van der Waals surface area contributed by atoms with Crippen molar-refractivity contribution in [2.45, 2.75) is 25.7 Å². The average Bonchev–Trinajstić information content (AvgIpc) is 2.16. The monoisotopic (exact) mass is 203 g/mol. The summed E-state index contributed by atoms with van der Waals surface area (Å²) in [4.78, 5) is 13.5. The number of carbonyl (C=O) groups excluding carboxylic acids is 1. The Kier molecular flexibility index (Phi) is 3.38. The van der Waals surface area contributed by atoms with E-state index in [0.29, 0.717) is 12.3 Å². The lowest BCUT2D eigenvalue weighted by Gasteiger charge is -2.30. The Morgan fingerprint density at radius 2 is 1.93 bits per heavy atom. The molecule has 2 rings (SSSR count). The Labute approximate surface area is 90.9 Å². The van der Waals surface area contributed by atoms with E-state index in [1.807, 2.05) is 23.1 Å². The van der Waals surface area contributed by atoms with Crippen LogP contribution in [0.25, 0.3) is 0 Å². The minimum absolute atomic E-state index is 0.331. The van der Waals surface area contributed by atoms with E-state index < -0.39 is 0 Å². The van der Waals surface area contributed by atoms with Gasteiger partial charge in [0.15, 0.2) is 0 Å². The summed E-state index contributed by atoms with van der Waals surface area (Å²) in [5.74, 6) is 0.331. The number of amides is 1. The first-order valence-electron chi connectivity index (χ1n) is 5.68. The molecule has 1 aliphatic heterocycles. The normalized spacial score (nSPS) is 14.8. The maximum Gasteiger partial charge on any atom is 0.222 e. The molecule has 1 fully saturated rings. The van der Waals surface area contributed by atoms with Gasteiger partial charge in [0, 0.05) is 19.5 Å². The Morgan fingerprint density at radius 3 is 2.53 bits per heavy atom. The molecule has 1 aliphatic rings. The Morgan fingerprint density at radius 1 is 1.20 bits per heavy atom. The molecule has 0 aliphatic carbocycles.